The molecule has 1 aromatic heterocycles. The van der Waals surface area contributed by atoms with Crippen molar-refractivity contribution >= 4 is 57.4 Å². The van der Waals surface area contributed by atoms with Crippen molar-refractivity contribution in [3.8, 4) is 5.75 Å². The maximum atomic E-state index is 15.8. The predicted molar refractivity (Wildman–Crippen MR) is 168 cm³/mol. The van der Waals surface area contributed by atoms with Crippen molar-refractivity contribution in [2.24, 2.45) is 0 Å². The van der Waals surface area contributed by atoms with Crippen molar-refractivity contribution in [1.82, 2.24) is 15.2 Å². The zero-order valence-electron chi connectivity index (χ0n) is 24.9. The summed E-state index contributed by atoms with van der Waals surface area (Å²) in [5, 5.41) is 27.6. The Morgan fingerprint density at radius 3 is 2.54 bits per heavy atom. The molecule has 1 saturated heterocycles. The van der Waals surface area contributed by atoms with Gasteiger partial charge < -0.3 is 34.7 Å². The van der Waals surface area contributed by atoms with Crippen LogP contribution in [-0.2, 0) is 9.53 Å². The highest BCUT2D eigenvalue weighted by Gasteiger charge is 2.33. The fourth-order valence-electron chi connectivity index (χ4n) is 5.58. The number of alkyl halides is 2. The average molecular weight is 681 g/mol. The van der Waals surface area contributed by atoms with Gasteiger partial charge in [-0.15, -0.1) is 0 Å². The van der Waals surface area contributed by atoms with E-state index in [2.05, 4.69) is 10.6 Å². The molecule has 2 aromatic carbocycles. The van der Waals surface area contributed by atoms with E-state index in [9.17, 15) is 29.6 Å². The van der Waals surface area contributed by atoms with Crippen LogP contribution in [0.25, 0.3) is 10.9 Å². The number of carbonyl (C=O) groups excluding carboxylic acids is 2. The number of rotatable bonds is 11. The van der Waals surface area contributed by atoms with Crippen LogP contribution < -0.4 is 25.7 Å². The van der Waals surface area contributed by atoms with Crippen LogP contribution in [0, 0.1) is 15.9 Å². The Balaban J connectivity index is 1.48. The molecule has 1 amide bonds. The number of nitro benzene ring substituents is 1. The van der Waals surface area contributed by atoms with Gasteiger partial charge in [0.05, 0.1) is 29.0 Å². The number of aliphatic hydroxyl groups is 1. The Bertz CT molecular complexity index is 1720. The molecule has 5 rings (SSSR count). The molecule has 16 heteroatoms. The van der Waals surface area contributed by atoms with Gasteiger partial charge in [0.1, 0.15) is 24.0 Å². The summed E-state index contributed by atoms with van der Waals surface area (Å²) in [4.78, 5) is 50.2. The SMILES string of the molecule is COc1c(N2CCNC(C)C2)c(F)cc2c(=O)c(C(=O)OCC(NC(=O)C(Cl)Cl)C(O)c3ccc([N+](=O)[O-])cc3)cn(C3CC3)c12. The molecule has 2 fully saturated rings. The normalized spacial score (nSPS) is 17.9. The number of amides is 1. The van der Waals surface area contributed by atoms with Gasteiger partial charge in [-0.2, -0.15) is 0 Å². The lowest BCUT2D eigenvalue weighted by Crippen LogP contribution is -2.49. The number of non-ortho nitro benzene ring substituents is 1. The second kappa shape index (κ2) is 13.8. The number of hydrogen-bond donors (Lipinski definition) is 3. The molecule has 3 aromatic rings. The Labute approximate surface area is 272 Å². The third-order valence-corrected chi connectivity index (χ3v) is 8.39. The minimum absolute atomic E-state index is 0.0643. The number of methoxy groups -OCH3 is 1. The maximum Gasteiger partial charge on any atom is 0.343 e. The Morgan fingerprint density at radius 1 is 1.26 bits per heavy atom. The summed E-state index contributed by atoms with van der Waals surface area (Å²) in [5.74, 6) is -2.46. The summed E-state index contributed by atoms with van der Waals surface area (Å²) in [5.41, 5.74) is -0.632. The molecule has 246 valence electrons. The first kappa shape index (κ1) is 33.4. The van der Waals surface area contributed by atoms with Gasteiger partial charge >= 0.3 is 5.97 Å². The second-order valence-electron chi connectivity index (χ2n) is 11.3. The van der Waals surface area contributed by atoms with E-state index in [1.54, 1.807) is 4.57 Å². The molecule has 0 spiro atoms. The van der Waals surface area contributed by atoms with Gasteiger partial charge in [-0.25, -0.2) is 9.18 Å². The number of nitro groups is 1. The molecule has 3 unspecified atom stereocenters. The molecule has 1 aliphatic heterocycles. The number of piperazine rings is 1. The molecular weight excluding hydrogens is 648 g/mol. The number of anilines is 1. The monoisotopic (exact) mass is 679 g/mol. The molecule has 2 heterocycles. The fourth-order valence-corrected chi connectivity index (χ4v) is 5.70. The fraction of sp³-hybridized carbons (Fsp3) is 0.433. The average Bonchev–Trinajstić information content (AvgIpc) is 3.88. The van der Waals surface area contributed by atoms with E-state index >= 15 is 4.39 Å². The van der Waals surface area contributed by atoms with Gasteiger partial charge in [0.2, 0.25) is 5.43 Å². The molecule has 3 atom stereocenters. The van der Waals surface area contributed by atoms with Crippen LogP contribution in [0.5, 0.6) is 5.75 Å². The number of fused-ring (bicyclic) bond motifs is 1. The number of carbonyl (C=O) groups is 2. The van der Waals surface area contributed by atoms with Crippen molar-refractivity contribution in [3.05, 3.63) is 73.8 Å². The minimum Gasteiger partial charge on any atom is -0.492 e. The summed E-state index contributed by atoms with van der Waals surface area (Å²) in [6.45, 7) is 3.04. The highest BCUT2D eigenvalue weighted by Crippen LogP contribution is 2.44. The third-order valence-electron chi connectivity index (χ3n) is 7.99. The lowest BCUT2D eigenvalue weighted by molar-refractivity contribution is -0.384. The first-order valence-electron chi connectivity index (χ1n) is 14.5. The number of aromatic nitrogens is 1. The van der Waals surface area contributed by atoms with Crippen molar-refractivity contribution in [3.63, 3.8) is 0 Å². The predicted octanol–water partition coefficient (Wildman–Crippen LogP) is 3.37. The van der Waals surface area contributed by atoms with E-state index in [4.69, 9.17) is 32.7 Å². The highest BCUT2D eigenvalue weighted by molar-refractivity contribution is 6.53. The van der Waals surface area contributed by atoms with E-state index in [0.29, 0.717) is 25.2 Å². The number of nitrogens with one attached hydrogen (secondary N) is 2. The van der Waals surface area contributed by atoms with Crippen LogP contribution in [0.15, 0.2) is 41.3 Å². The first-order chi connectivity index (χ1) is 21.9. The van der Waals surface area contributed by atoms with Gasteiger partial charge in [0, 0.05) is 50.0 Å². The molecular formula is C30H32Cl2FN5O8. The number of pyridine rings is 1. The molecule has 2 aliphatic rings. The molecule has 1 saturated carbocycles. The van der Waals surface area contributed by atoms with Crippen molar-refractivity contribution in [2.75, 3.05) is 38.3 Å². The number of aliphatic hydroxyl groups excluding tert-OH is 1. The molecule has 46 heavy (non-hydrogen) atoms. The summed E-state index contributed by atoms with van der Waals surface area (Å²) < 4.78 is 28.6. The van der Waals surface area contributed by atoms with E-state index in [1.165, 1.54) is 25.4 Å². The smallest absolute Gasteiger partial charge is 0.343 e. The van der Waals surface area contributed by atoms with Crippen molar-refractivity contribution in [2.45, 2.75) is 48.8 Å². The summed E-state index contributed by atoms with van der Waals surface area (Å²) in [6, 6.07) is 4.70. The highest BCUT2D eigenvalue weighted by atomic mass is 35.5. The zero-order chi connectivity index (χ0) is 33.3. The quantitative estimate of drug-likeness (QED) is 0.118. The largest absolute Gasteiger partial charge is 0.492 e. The number of hydrogen-bond acceptors (Lipinski definition) is 10. The number of benzene rings is 2. The number of esters is 1. The van der Waals surface area contributed by atoms with E-state index in [0.717, 1.165) is 31.0 Å². The van der Waals surface area contributed by atoms with Gasteiger partial charge in [0.25, 0.3) is 11.6 Å². The summed E-state index contributed by atoms with van der Waals surface area (Å²) in [6.07, 6.45) is 1.37. The summed E-state index contributed by atoms with van der Waals surface area (Å²) in [7, 11) is 1.41. The van der Waals surface area contributed by atoms with Gasteiger partial charge in [-0.05, 0) is 43.5 Å². The van der Waals surface area contributed by atoms with Crippen LogP contribution in [0.4, 0.5) is 15.8 Å². The van der Waals surface area contributed by atoms with Crippen molar-refractivity contribution < 1.29 is 33.5 Å². The van der Waals surface area contributed by atoms with Crippen LogP contribution >= 0.6 is 23.2 Å². The molecule has 1 aliphatic carbocycles. The Morgan fingerprint density at radius 2 is 1.96 bits per heavy atom. The Hall–Kier alpha value is -3.98. The van der Waals surface area contributed by atoms with Crippen LogP contribution in [-0.4, -0.2) is 76.7 Å². The lowest BCUT2D eigenvalue weighted by atomic mass is 10.0. The molecule has 13 nitrogen and oxygen atoms in total. The maximum absolute atomic E-state index is 15.8. The third kappa shape index (κ3) is 6.89. The van der Waals surface area contributed by atoms with E-state index in [-0.39, 0.29) is 45.7 Å². The number of nitrogens with zero attached hydrogens (tertiary/aromatic N) is 3. The van der Waals surface area contributed by atoms with Crippen LogP contribution in [0.3, 0.4) is 0 Å². The zero-order valence-corrected chi connectivity index (χ0v) is 26.4. The Kier molecular flexibility index (Phi) is 10.0. The molecule has 0 radical (unpaired) electrons. The lowest BCUT2D eigenvalue weighted by Gasteiger charge is -2.35. The second-order valence-corrected chi connectivity index (χ2v) is 12.4. The van der Waals surface area contributed by atoms with Crippen molar-refractivity contribution in [1.29, 1.82) is 0 Å². The van der Waals surface area contributed by atoms with Crippen LogP contribution in [0.1, 0.15) is 47.8 Å². The van der Waals surface area contributed by atoms with Gasteiger partial charge in [-0.3, -0.25) is 19.7 Å². The first-order valence-corrected chi connectivity index (χ1v) is 15.4. The number of ether oxygens (including phenoxy) is 2. The summed E-state index contributed by atoms with van der Waals surface area (Å²) >= 11 is 11.3. The van der Waals surface area contributed by atoms with Gasteiger partial charge in [0.15, 0.2) is 16.4 Å². The standard InChI is InChI=1S/C30H32Cl2FN5O8/c1-15-12-36(10-9-34-15)24-21(33)11-19-23(27(24)45-2)37(17-7-8-17)13-20(26(19)40)30(42)46-14-22(35-29(41)28(31)32)25(39)16-3-5-18(6-4-16)38(43)44/h3-6,11,13,15,17,22,25,28,34,39H,7-10,12,14H2,1-2H3,(H,35,41). The van der Waals surface area contributed by atoms with E-state index < -0.39 is 51.6 Å². The molecule has 3 N–H and O–H groups in total. The topological polar surface area (TPSA) is 165 Å². The number of halogens is 3. The van der Waals surface area contributed by atoms with Crippen LogP contribution in [0.2, 0.25) is 0 Å². The van der Waals surface area contributed by atoms with E-state index in [1.807, 2.05) is 11.8 Å². The minimum atomic E-state index is -1.52. The molecule has 0 bridgehead atoms. The van der Waals surface area contributed by atoms with Gasteiger partial charge in [-0.1, -0.05) is 23.2 Å².